The van der Waals surface area contributed by atoms with Gasteiger partial charge >= 0.3 is 0 Å². The molecule has 1 aliphatic carbocycles. The van der Waals surface area contributed by atoms with Gasteiger partial charge in [0.25, 0.3) is 32.1 Å². The van der Waals surface area contributed by atoms with Gasteiger partial charge in [-0.2, -0.15) is 26.0 Å². The van der Waals surface area contributed by atoms with E-state index in [1.165, 1.54) is 0 Å². The number of aliphatic hydroxyl groups is 6. The Balaban J connectivity index is 1.45. The Morgan fingerprint density at radius 2 is 1.18 bits per heavy atom. The minimum absolute atomic E-state index is 0.141. The molecule has 2 heterocycles. The predicted molar refractivity (Wildman–Crippen MR) is 281 cm³/mol. The average molecular weight is 1060 g/mol. The van der Waals surface area contributed by atoms with E-state index in [4.69, 9.17) is 0 Å². The van der Waals surface area contributed by atoms with Gasteiger partial charge in [0.15, 0.2) is 17.6 Å². The molecule has 3 aliphatic rings. The van der Waals surface area contributed by atoms with Crippen molar-refractivity contribution >= 4 is 60.9 Å². The molecule has 10 N–H and O–H groups in total. The summed E-state index contributed by atoms with van der Waals surface area (Å²) in [6, 6.07) is 20.2. The van der Waals surface area contributed by atoms with E-state index in [0.29, 0.717) is 19.4 Å². The molecule has 2 aliphatic heterocycles. The number of nitrogens with one attached hydrogen (secondary N) is 2. The van der Waals surface area contributed by atoms with E-state index >= 15 is 0 Å². The van der Waals surface area contributed by atoms with E-state index in [-0.39, 0.29) is 30.4 Å². The summed E-state index contributed by atoms with van der Waals surface area (Å²) < 4.78 is 69.7. The zero-order valence-corrected chi connectivity index (χ0v) is 43.9. The minimum Gasteiger partial charge on any atom is -0.394 e. The van der Waals surface area contributed by atoms with Crippen LogP contribution in [0.4, 0.5) is 11.4 Å². The number of hydrogen-bond acceptors (Lipinski definition) is 12. The fraction of sp³-hybridized carbons (Fsp3) is 0.444. The lowest BCUT2D eigenvalue weighted by molar-refractivity contribution is -0.438. The van der Waals surface area contributed by atoms with E-state index in [1.54, 1.807) is 36.4 Å². The highest BCUT2D eigenvalue weighted by Gasteiger charge is 2.47. The summed E-state index contributed by atoms with van der Waals surface area (Å²) in [5.74, 6) is -2.07. The fourth-order valence-corrected chi connectivity index (χ4v) is 10.9. The summed E-state index contributed by atoms with van der Waals surface area (Å²) in [6.45, 7) is 4.24. The molecular weight excluding hydrogens is 993 g/mol. The molecule has 0 fully saturated rings. The maximum atomic E-state index is 13.6. The number of nitrogens with zero attached hydrogens (tertiary/aromatic N) is 2. The van der Waals surface area contributed by atoms with Crippen LogP contribution in [0.1, 0.15) is 110 Å². The van der Waals surface area contributed by atoms with Crippen molar-refractivity contribution in [2.45, 2.75) is 94.5 Å². The van der Waals surface area contributed by atoms with Gasteiger partial charge < -0.3 is 41.3 Å². The number of carbonyl (C=O) groups excluding carboxylic acids is 2. The maximum Gasteiger partial charge on any atom is 0.264 e. The largest absolute Gasteiger partial charge is 0.394 e. The van der Waals surface area contributed by atoms with E-state index in [2.05, 4.69) is 33.4 Å². The minimum atomic E-state index is -4.21. The van der Waals surface area contributed by atoms with Gasteiger partial charge in [-0.05, 0) is 106 Å². The Bertz CT molecular complexity index is 3000. The molecule has 0 saturated carbocycles. The van der Waals surface area contributed by atoms with Gasteiger partial charge in [0.1, 0.15) is 17.6 Å². The second kappa shape index (κ2) is 23.6. The molecule has 0 aromatic heterocycles. The molecular formula is C54H70N4O14S2+2. The fourth-order valence-electron chi connectivity index (χ4n) is 9.80. The molecule has 3 aromatic carbocycles. The van der Waals surface area contributed by atoms with E-state index in [9.17, 15) is 66.2 Å². The van der Waals surface area contributed by atoms with Gasteiger partial charge in [-0.15, -0.1) is 0 Å². The van der Waals surface area contributed by atoms with Crippen LogP contribution in [0.2, 0.25) is 0 Å². The van der Waals surface area contributed by atoms with Crippen molar-refractivity contribution < 1.29 is 75.3 Å². The van der Waals surface area contributed by atoms with Crippen LogP contribution in [0.15, 0.2) is 108 Å². The molecule has 0 unspecified atom stereocenters. The monoisotopic (exact) mass is 1060 g/mol. The first-order chi connectivity index (χ1) is 34.9. The standard InChI is InChI=1S/C54H68N4O14S2/c1-51(2)42-29-40(49(65)55-53(31-59,32-60)33-61)17-21-44(42)57(25-8-10-27-73(67,68)69)46(51)23-19-38-15-12-16-39(48(38)37-13-6-5-7-14-37)20-24-47-52(3,4)43-30-41(50(66)56-54(34-62,35-63)36-64)18-22-45(43)58(47)26-9-11-28-74(70,71)72/h5-7,13-14,17-25,29-30,59-64H,8-12,15-16,26-28,31-36H2,1-4H3,(H2-2,55,56,65,66,67,68,69,70,71,72)/p+2/b24-20+,38-19+,46-23+,57-25?. The SMILES string of the molecule is CC1(C)C(/C=C/C2=C(c3ccccc3)C(=C/C=C3/[N+](=CCCCS(=O)(=O)O)c4ccc(C(=O)NC(CO)(CO)CO)cc4C3(C)C)/CCC2)=[N+](CCCCS(=O)(=O)O)c2ccc(C(=O)NC(CO)(CO)CO)cc21. The van der Waals surface area contributed by atoms with Crippen LogP contribution in [0.25, 0.3) is 5.57 Å². The Morgan fingerprint density at radius 1 is 0.649 bits per heavy atom. The Kier molecular flexibility index (Phi) is 18.4. The van der Waals surface area contributed by atoms with Gasteiger partial charge in [-0.1, -0.05) is 42.5 Å². The second-order valence-corrected chi connectivity index (χ2v) is 23.5. The molecule has 0 atom stereocenters. The molecule has 20 heteroatoms. The van der Waals surface area contributed by atoms with Crippen LogP contribution in [0, 0.1) is 0 Å². The molecule has 0 saturated heterocycles. The molecule has 0 spiro atoms. The number of allylic oxidation sites excluding steroid dienone is 8. The average Bonchev–Trinajstić information content (AvgIpc) is 3.72. The van der Waals surface area contributed by atoms with Crippen LogP contribution in [-0.4, -0.2) is 158 Å². The number of amides is 2. The van der Waals surface area contributed by atoms with Crippen molar-refractivity contribution in [3.8, 4) is 0 Å². The van der Waals surface area contributed by atoms with Gasteiger partial charge in [-0.3, -0.25) is 18.7 Å². The molecule has 18 nitrogen and oxygen atoms in total. The molecule has 74 heavy (non-hydrogen) atoms. The smallest absolute Gasteiger partial charge is 0.264 e. The quantitative estimate of drug-likeness (QED) is 0.0365. The number of hydrogen-bond donors (Lipinski definition) is 10. The first kappa shape index (κ1) is 57.8. The van der Waals surface area contributed by atoms with Crippen molar-refractivity contribution in [2.24, 2.45) is 0 Å². The Labute approximate surface area is 433 Å². The van der Waals surface area contributed by atoms with Crippen LogP contribution in [0.5, 0.6) is 0 Å². The van der Waals surface area contributed by atoms with Crippen LogP contribution < -0.4 is 10.6 Å². The zero-order valence-electron chi connectivity index (χ0n) is 42.3. The number of rotatable bonds is 23. The van der Waals surface area contributed by atoms with Crippen LogP contribution in [0.3, 0.4) is 0 Å². The summed E-state index contributed by atoms with van der Waals surface area (Å²) >= 11 is 0. The van der Waals surface area contributed by atoms with Crippen molar-refractivity contribution in [3.63, 3.8) is 0 Å². The summed E-state index contributed by atoms with van der Waals surface area (Å²) in [6.07, 6.45) is 13.4. The summed E-state index contributed by atoms with van der Waals surface area (Å²) in [5, 5.41) is 64.6. The van der Waals surface area contributed by atoms with Crippen LogP contribution >= 0.6 is 0 Å². The lowest BCUT2D eigenvalue weighted by Gasteiger charge is -2.28. The number of carbonyl (C=O) groups is 2. The van der Waals surface area contributed by atoms with Crippen molar-refractivity contribution in [1.82, 2.24) is 10.6 Å². The lowest BCUT2D eigenvalue weighted by Crippen LogP contribution is -2.57. The summed E-state index contributed by atoms with van der Waals surface area (Å²) in [7, 11) is -8.41. The highest BCUT2D eigenvalue weighted by Crippen LogP contribution is 2.48. The third kappa shape index (κ3) is 12.9. The number of aliphatic hydroxyl groups excluding tert-OH is 6. The van der Waals surface area contributed by atoms with Gasteiger partial charge in [0.2, 0.25) is 11.4 Å². The second-order valence-electron chi connectivity index (χ2n) is 20.3. The maximum absolute atomic E-state index is 13.6. The van der Waals surface area contributed by atoms with Crippen molar-refractivity contribution in [1.29, 1.82) is 0 Å². The summed E-state index contributed by atoms with van der Waals surface area (Å²) in [4.78, 5) is 27.1. The number of benzene rings is 3. The lowest BCUT2D eigenvalue weighted by atomic mass is 9.79. The molecule has 6 rings (SSSR count). The number of unbranched alkanes of at least 4 members (excludes halogenated alkanes) is 2. The molecule has 2 amide bonds. The zero-order chi connectivity index (χ0) is 54.3. The van der Waals surface area contributed by atoms with E-state index in [0.717, 1.165) is 69.0 Å². The molecule has 400 valence electrons. The Morgan fingerprint density at radius 3 is 1.72 bits per heavy atom. The third-order valence-electron chi connectivity index (χ3n) is 14.3. The first-order valence-corrected chi connectivity index (χ1v) is 27.8. The first-order valence-electron chi connectivity index (χ1n) is 24.6. The predicted octanol–water partition coefficient (Wildman–Crippen LogP) is 4.00. The summed E-state index contributed by atoms with van der Waals surface area (Å²) in [5.41, 5.74) is 4.47. The van der Waals surface area contributed by atoms with Crippen LogP contribution in [-0.2, 0) is 31.1 Å². The Hall–Kier alpha value is -5.52. The topological polar surface area (TPSA) is 294 Å². The number of fused-ring (bicyclic) bond motifs is 2. The van der Waals surface area contributed by atoms with Crippen molar-refractivity contribution in [2.75, 3.05) is 57.7 Å². The highest BCUT2D eigenvalue weighted by atomic mass is 32.2. The molecule has 0 radical (unpaired) electrons. The van der Waals surface area contributed by atoms with E-state index < -0.39 is 105 Å². The molecule has 3 aromatic rings. The van der Waals surface area contributed by atoms with Gasteiger partial charge in [0.05, 0.1) is 62.0 Å². The van der Waals surface area contributed by atoms with Gasteiger partial charge in [0, 0.05) is 59.4 Å². The third-order valence-corrected chi connectivity index (χ3v) is 15.9. The highest BCUT2D eigenvalue weighted by molar-refractivity contribution is 7.86. The van der Waals surface area contributed by atoms with Crippen molar-refractivity contribution in [3.05, 3.63) is 136 Å². The van der Waals surface area contributed by atoms with E-state index in [1.807, 2.05) is 74.9 Å². The van der Waals surface area contributed by atoms with Gasteiger partial charge in [-0.25, -0.2) is 0 Å². The molecule has 0 bridgehead atoms. The normalized spacial score (nSPS) is 18.5.